The van der Waals surface area contributed by atoms with Gasteiger partial charge in [-0.3, -0.25) is 4.79 Å². The number of carbonyl (C=O) groups is 1. The van der Waals surface area contributed by atoms with Crippen LogP contribution < -0.4 is 0 Å². The van der Waals surface area contributed by atoms with E-state index in [1.807, 2.05) is 30.3 Å². The third-order valence-electron chi connectivity index (χ3n) is 2.82. The second-order valence-electron chi connectivity index (χ2n) is 5.39. The van der Waals surface area contributed by atoms with Crippen LogP contribution in [0.3, 0.4) is 0 Å². The molecule has 1 aromatic heterocycles. The SMILES string of the molecule is CC(C)(C)c1noc(-c2ccccc2)c1/C=C/C=O. The zero-order valence-corrected chi connectivity index (χ0v) is 11.4. The quantitative estimate of drug-likeness (QED) is 0.618. The number of nitrogens with zero attached hydrogens (tertiary/aromatic N) is 1. The van der Waals surface area contributed by atoms with E-state index >= 15 is 0 Å². The first-order valence-electron chi connectivity index (χ1n) is 6.21. The number of rotatable bonds is 3. The number of allylic oxidation sites excluding steroid dienone is 1. The molecule has 0 spiro atoms. The van der Waals surface area contributed by atoms with Crippen LogP contribution >= 0.6 is 0 Å². The van der Waals surface area contributed by atoms with E-state index in [1.54, 1.807) is 6.08 Å². The number of carbonyl (C=O) groups excluding carboxylic acids is 1. The molecule has 0 saturated carbocycles. The first-order valence-corrected chi connectivity index (χ1v) is 6.21. The zero-order chi connectivity index (χ0) is 13.9. The van der Waals surface area contributed by atoms with Gasteiger partial charge in [0.15, 0.2) is 5.76 Å². The summed E-state index contributed by atoms with van der Waals surface area (Å²) < 4.78 is 5.49. The summed E-state index contributed by atoms with van der Waals surface area (Å²) in [5, 5.41) is 4.17. The third kappa shape index (κ3) is 2.81. The minimum Gasteiger partial charge on any atom is -0.355 e. The third-order valence-corrected chi connectivity index (χ3v) is 2.82. The summed E-state index contributed by atoms with van der Waals surface area (Å²) in [6, 6.07) is 9.77. The van der Waals surface area contributed by atoms with Gasteiger partial charge in [-0.1, -0.05) is 56.3 Å². The predicted molar refractivity (Wildman–Crippen MR) is 75.7 cm³/mol. The Hall–Kier alpha value is -2.16. The van der Waals surface area contributed by atoms with Gasteiger partial charge in [0.2, 0.25) is 0 Å². The van der Waals surface area contributed by atoms with Gasteiger partial charge < -0.3 is 4.52 Å². The molecule has 0 aliphatic rings. The second-order valence-corrected chi connectivity index (χ2v) is 5.39. The highest BCUT2D eigenvalue weighted by atomic mass is 16.5. The Morgan fingerprint density at radius 2 is 1.84 bits per heavy atom. The number of aldehydes is 1. The lowest BCUT2D eigenvalue weighted by Crippen LogP contribution is -2.13. The van der Waals surface area contributed by atoms with Gasteiger partial charge in [0.1, 0.15) is 6.29 Å². The molecule has 0 aliphatic carbocycles. The van der Waals surface area contributed by atoms with Crippen molar-refractivity contribution in [3.8, 4) is 11.3 Å². The molecule has 0 unspecified atom stereocenters. The molecule has 0 amide bonds. The Bertz CT molecular complexity index is 589. The van der Waals surface area contributed by atoms with E-state index in [-0.39, 0.29) is 5.41 Å². The monoisotopic (exact) mass is 255 g/mol. The van der Waals surface area contributed by atoms with Crippen molar-refractivity contribution in [2.75, 3.05) is 0 Å². The van der Waals surface area contributed by atoms with E-state index in [0.717, 1.165) is 23.1 Å². The number of hydrogen-bond acceptors (Lipinski definition) is 3. The highest BCUT2D eigenvalue weighted by molar-refractivity contribution is 5.80. The molecular weight excluding hydrogens is 238 g/mol. The van der Waals surface area contributed by atoms with E-state index in [9.17, 15) is 4.79 Å². The average Bonchev–Trinajstić information content (AvgIpc) is 2.81. The summed E-state index contributed by atoms with van der Waals surface area (Å²) in [7, 11) is 0. The molecule has 0 saturated heterocycles. The molecule has 19 heavy (non-hydrogen) atoms. The fourth-order valence-electron chi connectivity index (χ4n) is 1.93. The fraction of sp³-hybridized carbons (Fsp3) is 0.250. The van der Waals surface area contributed by atoms with Crippen LogP contribution in [0.15, 0.2) is 40.9 Å². The Morgan fingerprint density at radius 3 is 2.42 bits per heavy atom. The van der Waals surface area contributed by atoms with E-state index in [2.05, 4.69) is 25.9 Å². The molecule has 0 atom stereocenters. The van der Waals surface area contributed by atoms with Crippen molar-refractivity contribution in [1.82, 2.24) is 5.16 Å². The van der Waals surface area contributed by atoms with E-state index in [4.69, 9.17) is 4.52 Å². The van der Waals surface area contributed by atoms with Crippen molar-refractivity contribution in [1.29, 1.82) is 0 Å². The molecule has 1 heterocycles. The van der Waals surface area contributed by atoms with Crippen LogP contribution in [0.5, 0.6) is 0 Å². The Labute approximate surface area is 112 Å². The molecule has 2 rings (SSSR count). The predicted octanol–water partition coefficient (Wildman–Crippen LogP) is 3.85. The van der Waals surface area contributed by atoms with Gasteiger partial charge in [-0.2, -0.15) is 0 Å². The first-order chi connectivity index (χ1) is 9.04. The lowest BCUT2D eigenvalue weighted by Gasteiger charge is -2.15. The highest BCUT2D eigenvalue weighted by Gasteiger charge is 2.25. The molecule has 0 radical (unpaired) electrons. The van der Waals surface area contributed by atoms with Gasteiger partial charge in [-0.25, -0.2) is 0 Å². The lowest BCUT2D eigenvalue weighted by molar-refractivity contribution is -0.104. The average molecular weight is 255 g/mol. The second kappa shape index (κ2) is 5.22. The molecule has 0 N–H and O–H groups in total. The van der Waals surface area contributed by atoms with Gasteiger partial charge in [0.25, 0.3) is 0 Å². The summed E-state index contributed by atoms with van der Waals surface area (Å²) in [5.41, 5.74) is 2.53. The van der Waals surface area contributed by atoms with Crippen molar-refractivity contribution in [3.63, 3.8) is 0 Å². The minimum absolute atomic E-state index is 0.140. The normalized spacial score (nSPS) is 11.9. The minimum atomic E-state index is -0.140. The van der Waals surface area contributed by atoms with Gasteiger partial charge in [0.05, 0.1) is 5.69 Å². The summed E-state index contributed by atoms with van der Waals surface area (Å²) >= 11 is 0. The van der Waals surface area contributed by atoms with Crippen LogP contribution in [0.25, 0.3) is 17.4 Å². The topological polar surface area (TPSA) is 43.1 Å². The summed E-state index contributed by atoms with van der Waals surface area (Å²) in [4.78, 5) is 10.6. The van der Waals surface area contributed by atoms with Gasteiger partial charge in [-0.05, 0) is 12.2 Å². The summed E-state index contributed by atoms with van der Waals surface area (Å²) in [6.45, 7) is 6.20. The number of aromatic nitrogens is 1. The number of benzene rings is 1. The highest BCUT2D eigenvalue weighted by Crippen LogP contribution is 2.33. The van der Waals surface area contributed by atoms with Crippen LogP contribution in [0.1, 0.15) is 32.0 Å². The van der Waals surface area contributed by atoms with Crippen molar-refractivity contribution < 1.29 is 9.32 Å². The summed E-state index contributed by atoms with van der Waals surface area (Å²) in [5.74, 6) is 0.698. The molecule has 1 aromatic carbocycles. The van der Waals surface area contributed by atoms with Crippen molar-refractivity contribution in [2.24, 2.45) is 0 Å². The van der Waals surface area contributed by atoms with Crippen LogP contribution in [0.2, 0.25) is 0 Å². The number of hydrogen-bond donors (Lipinski definition) is 0. The van der Waals surface area contributed by atoms with Crippen LogP contribution in [0.4, 0.5) is 0 Å². The van der Waals surface area contributed by atoms with Crippen LogP contribution in [-0.4, -0.2) is 11.4 Å². The van der Waals surface area contributed by atoms with Gasteiger partial charge in [0, 0.05) is 16.5 Å². The maximum atomic E-state index is 10.6. The van der Waals surface area contributed by atoms with E-state index in [1.165, 1.54) is 6.08 Å². The largest absolute Gasteiger partial charge is 0.355 e. The molecule has 0 bridgehead atoms. The first kappa shape index (κ1) is 13.3. The van der Waals surface area contributed by atoms with Crippen molar-refractivity contribution in [2.45, 2.75) is 26.2 Å². The summed E-state index contributed by atoms with van der Waals surface area (Å²) in [6.07, 6.45) is 3.98. The van der Waals surface area contributed by atoms with Crippen molar-refractivity contribution >= 4 is 12.4 Å². The standard InChI is InChI=1S/C16H17NO2/c1-16(2,3)15-13(10-7-11-18)14(19-17-15)12-8-5-4-6-9-12/h4-11H,1-3H3/b10-7+. The van der Waals surface area contributed by atoms with Gasteiger partial charge >= 0.3 is 0 Å². The van der Waals surface area contributed by atoms with Gasteiger partial charge in [-0.15, -0.1) is 0 Å². The zero-order valence-electron chi connectivity index (χ0n) is 11.4. The molecule has 0 fully saturated rings. The van der Waals surface area contributed by atoms with Crippen LogP contribution in [-0.2, 0) is 10.2 Å². The fourth-order valence-corrected chi connectivity index (χ4v) is 1.93. The Morgan fingerprint density at radius 1 is 1.16 bits per heavy atom. The van der Waals surface area contributed by atoms with E-state index in [0.29, 0.717) is 5.76 Å². The molecule has 98 valence electrons. The Balaban J connectivity index is 2.60. The smallest absolute Gasteiger partial charge is 0.174 e. The molecule has 0 aliphatic heterocycles. The molecular formula is C16H17NO2. The van der Waals surface area contributed by atoms with E-state index < -0.39 is 0 Å². The molecule has 3 nitrogen and oxygen atoms in total. The molecule has 3 heteroatoms. The molecule has 2 aromatic rings. The lowest BCUT2D eigenvalue weighted by atomic mass is 9.88. The van der Waals surface area contributed by atoms with Crippen molar-refractivity contribution in [3.05, 3.63) is 47.7 Å². The maximum Gasteiger partial charge on any atom is 0.174 e. The Kier molecular flexibility index (Phi) is 3.65. The van der Waals surface area contributed by atoms with Crippen LogP contribution in [0, 0.1) is 0 Å². The maximum absolute atomic E-state index is 10.6.